The van der Waals surface area contributed by atoms with Gasteiger partial charge in [0.1, 0.15) is 0 Å². The molecule has 0 saturated carbocycles. The van der Waals surface area contributed by atoms with Crippen molar-refractivity contribution in [3.63, 3.8) is 0 Å². The Morgan fingerprint density at radius 1 is 1.14 bits per heavy atom. The predicted molar refractivity (Wildman–Crippen MR) is 112 cm³/mol. The lowest BCUT2D eigenvalue weighted by Crippen LogP contribution is -2.36. The summed E-state index contributed by atoms with van der Waals surface area (Å²) in [4.78, 5) is 14.7. The molecule has 2 aromatic rings. The molecule has 3 N–H and O–H groups in total. The minimum Gasteiger partial charge on any atom is -0.371 e. The molecule has 0 aromatic heterocycles. The third kappa shape index (κ3) is 4.60. The van der Waals surface area contributed by atoms with E-state index in [0.717, 1.165) is 61.3 Å². The third-order valence-corrected chi connectivity index (χ3v) is 5.58. The van der Waals surface area contributed by atoms with E-state index < -0.39 is 11.8 Å². The second-order valence-electron chi connectivity index (χ2n) is 7.45. The van der Waals surface area contributed by atoms with Crippen LogP contribution in [0.2, 0.25) is 0 Å². The van der Waals surface area contributed by atoms with Gasteiger partial charge in [0.25, 0.3) is 5.91 Å². The molecule has 0 aliphatic carbocycles. The first-order chi connectivity index (χ1) is 13.6. The van der Waals surface area contributed by atoms with Crippen LogP contribution in [0, 0.1) is 11.3 Å². The van der Waals surface area contributed by atoms with Crippen LogP contribution in [0.3, 0.4) is 0 Å². The van der Waals surface area contributed by atoms with Gasteiger partial charge in [-0.3, -0.25) is 10.0 Å². The van der Waals surface area contributed by atoms with Crippen LogP contribution in [0.4, 0.5) is 5.69 Å². The number of nitrogens with one attached hydrogen (secondary N) is 2. The molecule has 5 heteroatoms. The standard InChI is InChI=1S/C23H29N3O2/c1-2-7-21(24)17-12-14-26(15-13-17)20-11-6-10-19(16-20)22(23(27)25-28)18-8-4-3-5-9-18/h3-6,8-11,16-17,22,24,28H,2,7,12-15H2,1H3,(H,25,27). The summed E-state index contributed by atoms with van der Waals surface area (Å²) < 4.78 is 0. The van der Waals surface area contributed by atoms with Gasteiger partial charge in [0.15, 0.2) is 0 Å². The van der Waals surface area contributed by atoms with E-state index in [1.807, 2.05) is 54.0 Å². The number of nitrogens with zero attached hydrogens (tertiary/aromatic N) is 1. The fourth-order valence-electron chi connectivity index (χ4n) is 4.07. The second-order valence-corrected chi connectivity index (χ2v) is 7.45. The van der Waals surface area contributed by atoms with E-state index >= 15 is 0 Å². The van der Waals surface area contributed by atoms with Gasteiger partial charge < -0.3 is 10.3 Å². The first-order valence-electron chi connectivity index (χ1n) is 10.0. The van der Waals surface area contributed by atoms with Crippen molar-refractivity contribution in [2.75, 3.05) is 18.0 Å². The summed E-state index contributed by atoms with van der Waals surface area (Å²) in [5.74, 6) is -0.590. The van der Waals surface area contributed by atoms with E-state index in [0.29, 0.717) is 5.92 Å². The van der Waals surface area contributed by atoms with Crippen LogP contribution in [0.1, 0.15) is 49.7 Å². The van der Waals surface area contributed by atoms with Crippen LogP contribution in [0.15, 0.2) is 54.6 Å². The molecule has 0 radical (unpaired) electrons. The van der Waals surface area contributed by atoms with Crippen LogP contribution in [0.5, 0.6) is 0 Å². The topological polar surface area (TPSA) is 76.4 Å². The molecule has 2 aromatic carbocycles. The predicted octanol–water partition coefficient (Wildman–Crippen LogP) is 4.36. The van der Waals surface area contributed by atoms with Crippen LogP contribution >= 0.6 is 0 Å². The quantitative estimate of drug-likeness (QED) is 0.380. The molecule has 1 amide bonds. The molecular formula is C23H29N3O2. The highest BCUT2D eigenvalue weighted by Crippen LogP contribution is 2.30. The monoisotopic (exact) mass is 379 g/mol. The van der Waals surface area contributed by atoms with Crippen molar-refractivity contribution in [1.82, 2.24) is 5.48 Å². The van der Waals surface area contributed by atoms with Crippen molar-refractivity contribution in [3.8, 4) is 0 Å². The molecule has 148 valence electrons. The van der Waals surface area contributed by atoms with E-state index in [1.165, 1.54) is 0 Å². The summed E-state index contributed by atoms with van der Waals surface area (Å²) in [5.41, 5.74) is 5.49. The SMILES string of the molecule is CCCC(=N)C1CCN(c2cccc(C(C(=O)NO)c3ccccc3)c2)CC1. The Morgan fingerprint density at radius 3 is 2.46 bits per heavy atom. The van der Waals surface area contributed by atoms with Crippen molar-refractivity contribution >= 4 is 17.3 Å². The molecule has 1 unspecified atom stereocenters. The second kappa shape index (κ2) is 9.51. The van der Waals surface area contributed by atoms with E-state index in [4.69, 9.17) is 5.41 Å². The summed E-state index contributed by atoms with van der Waals surface area (Å²) in [7, 11) is 0. The molecule has 1 aliphatic rings. The van der Waals surface area contributed by atoms with Gasteiger partial charge >= 0.3 is 0 Å². The highest BCUT2D eigenvalue weighted by Gasteiger charge is 2.25. The number of hydrogen-bond donors (Lipinski definition) is 3. The van der Waals surface area contributed by atoms with Crippen LogP contribution in [-0.4, -0.2) is 29.9 Å². The zero-order chi connectivity index (χ0) is 19.9. The Morgan fingerprint density at radius 2 is 1.82 bits per heavy atom. The third-order valence-electron chi connectivity index (χ3n) is 5.58. The molecule has 1 atom stereocenters. The molecule has 3 rings (SSSR count). The summed E-state index contributed by atoms with van der Waals surface area (Å²) in [6, 6.07) is 17.5. The first-order valence-corrected chi connectivity index (χ1v) is 10.0. The number of piperidine rings is 1. The summed E-state index contributed by atoms with van der Waals surface area (Å²) >= 11 is 0. The molecule has 1 fully saturated rings. The lowest BCUT2D eigenvalue weighted by Gasteiger charge is -2.34. The van der Waals surface area contributed by atoms with Crippen molar-refractivity contribution in [2.45, 2.75) is 38.5 Å². The Kier molecular flexibility index (Phi) is 6.82. The van der Waals surface area contributed by atoms with Gasteiger partial charge in [0.05, 0.1) is 5.92 Å². The smallest absolute Gasteiger partial charge is 0.255 e. The molecule has 1 aliphatic heterocycles. The summed E-state index contributed by atoms with van der Waals surface area (Å²) in [6.45, 7) is 3.96. The molecule has 5 nitrogen and oxygen atoms in total. The number of benzene rings is 2. The normalized spacial score (nSPS) is 15.9. The van der Waals surface area contributed by atoms with Crippen molar-refractivity contribution in [2.24, 2.45) is 5.92 Å². The zero-order valence-electron chi connectivity index (χ0n) is 16.4. The maximum atomic E-state index is 12.4. The van der Waals surface area contributed by atoms with Gasteiger partial charge in [0.2, 0.25) is 0 Å². The fourth-order valence-corrected chi connectivity index (χ4v) is 4.07. The maximum Gasteiger partial charge on any atom is 0.255 e. The number of rotatable bonds is 7. The number of hydrogen-bond acceptors (Lipinski definition) is 4. The average Bonchev–Trinajstić information content (AvgIpc) is 2.75. The Balaban J connectivity index is 1.78. The first kappa shape index (κ1) is 20.1. The Bertz CT molecular complexity index is 799. The molecule has 28 heavy (non-hydrogen) atoms. The number of carbonyl (C=O) groups is 1. The number of anilines is 1. The highest BCUT2D eigenvalue weighted by molar-refractivity contribution is 5.86. The van der Waals surface area contributed by atoms with E-state index in [-0.39, 0.29) is 0 Å². The molecule has 1 heterocycles. The lowest BCUT2D eigenvalue weighted by molar-refractivity contribution is -0.129. The maximum absolute atomic E-state index is 12.4. The van der Waals surface area contributed by atoms with Crippen molar-refractivity contribution in [1.29, 1.82) is 5.41 Å². The van der Waals surface area contributed by atoms with Gasteiger partial charge in [0, 0.05) is 24.5 Å². The Hall–Kier alpha value is -2.66. The van der Waals surface area contributed by atoms with Crippen LogP contribution < -0.4 is 10.4 Å². The minimum absolute atomic E-state index is 0.400. The van der Waals surface area contributed by atoms with E-state index in [9.17, 15) is 10.0 Å². The summed E-state index contributed by atoms with van der Waals surface area (Å²) in [5, 5.41) is 17.5. The van der Waals surface area contributed by atoms with Crippen LogP contribution in [-0.2, 0) is 4.79 Å². The minimum atomic E-state index is -0.554. The highest BCUT2D eigenvalue weighted by atomic mass is 16.5. The van der Waals surface area contributed by atoms with E-state index in [1.54, 1.807) is 0 Å². The number of amides is 1. The van der Waals surface area contributed by atoms with Gasteiger partial charge in [-0.15, -0.1) is 0 Å². The lowest BCUT2D eigenvalue weighted by atomic mass is 9.88. The van der Waals surface area contributed by atoms with Crippen molar-refractivity contribution in [3.05, 3.63) is 65.7 Å². The van der Waals surface area contributed by atoms with Gasteiger partial charge in [-0.2, -0.15) is 0 Å². The number of carbonyl (C=O) groups excluding carboxylic acids is 1. The van der Waals surface area contributed by atoms with Crippen molar-refractivity contribution < 1.29 is 10.0 Å². The largest absolute Gasteiger partial charge is 0.371 e. The van der Waals surface area contributed by atoms with E-state index in [2.05, 4.69) is 17.9 Å². The van der Waals surface area contributed by atoms with Gasteiger partial charge in [-0.25, -0.2) is 5.48 Å². The average molecular weight is 380 g/mol. The Labute approximate surface area is 166 Å². The summed E-state index contributed by atoms with van der Waals surface area (Å²) in [6.07, 6.45) is 3.94. The van der Waals surface area contributed by atoms with Gasteiger partial charge in [-0.05, 0) is 48.4 Å². The van der Waals surface area contributed by atoms with Crippen LogP contribution in [0.25, 0.3) is 0 Å². The number of hydroxylamine groups is 1. The molecule has 0 bridgehead atoms. The molecule has 1 saturated heterocycles. The fraction of sp³-hybridized carbons (Fsp3) is 0.391. The molecular weight excluding hydrogens is 350 g/mol. The zero-order valence-corrected chi connectivity index (χ0v) is 16.4. The molecule has 0 spiro atoms. The van der Waals surface area contributed by atoms with Gasteiger partial charge in [-0.1, -0.05) is 55.8 Å².